The summed E-state index contributed by atoms with van der Waals surface area (Å²) in [5.41, 5.74) is 1.18. The summed E-state index contributed by atoms with van der Waals surface area (Å²) in [5, 5.41) is 6.37. The first-order valence-corrected chi connectivity index (χ1v) is 7.48. The molecule has 0 saturated carbocycles. The van der Waals surface area contributed by atoms with Gasteiger partial charge in [0.1, 0.15) is 0 Å². The van der Waals surface area contributed by atoms with Crippen molar-refractivity contribution in [3.8, 4) is 0 Å². The lowest BCUT2D eigenvalue weighted by Gasteiger charge is -2.23. The standard InChI is InChI=1S/C14H18BrN3O.ClH/c15-11-1-3-12(4-2-11)17-13(19)18-8-6-14(10-18)5-7-16-9-14;/h1-4,16H,5-10H2,(H,17,19);1H. The Bertz CT molecular complexity index is 474. The Balaban J connectivity index is 0.00000147. The topological polar surface area (TPSA) is 44.4 Å². The normalized spacial score (nSPS) is 24.8. The van der Waals surface area contributed by atoms with Gasteiger partial charge in [0.05, 0.1) is 0 Å². The Morgan fingerprint density at radius 1 is 1.30 bits per heavy atom. The quantitative estimate of drug-likeness (QED) is 0.808. The Morgan fingerprint density at radius 3 is 2.70 bits per heavy atom. The molecule has 2 heterocycles. The lowest BCUT2D eigenvalue weighted by Crippen LogP contribution is -2.36. The van der Waals surface area contributed by atoms with E-state index in [9.17, 15) is 4.79 Å². The van der Waals surface area contributed by atoms with Crippen LogP contribution in [0.25, 0.3) is 0 Å². The maximum Gasteiger partial charge on any atom is 0.321 e. The van der Waals surface area contributed by atoms with Gasteiger partial charge in [0.2, 0.25) is 0 Å². The Hall–Kier alpha value is -0.780. The smallest absolute Gasteiger partial charge is 0.321 e. The van der Waals surface area contributed by atoms with Crippen molar-refractivity contribution in [3.05, 3.63) is 28.7 Å². The van der Waals surface area contributed by atoms with Crippen molar-refractivity contribution in [2.45, 2.75) is 12.8 Å². The van der Waals surface area contributed by atoms with E-state index in [0.717, 1.165) is 42.8 Å². The van der Waals surface area contributed by atoms with E-state index in [0.29, 0.717) is 5.41 Å². The molecule has 0 bridgehead atoms. The Morgan fingerprint density at radius 2 is 2.05 bits per heavy atom. The van der Waals surface area contributed by atoms with Gasteiger partial charge in [-0.25, -0.2) is 4.79 Å². The highest BCUT2D eigenvalue weighted by molar-refractivity contribution is 9.10. The SMILES string of the molecule is Cl.O=C(Nc1ccc(Br)cc1)N1CCC2(CCNC2)C1. The van der Waals surface area contributed by atoms with E-state index in [4.69, 9.17) is 0 Å². The van der Waals surface area contributed by atoms with Crippen LogP contribution < -0.4 is 10.6 Å². The molecule has 110 valence electrons. The van der Waals surface area contributed by atoms with Gasteiger partial charge in [-0.2, -0.15) is 0 Å². The molecule has 1 atom stereocenters. The third-order valence-corrected chi connectivity index (χ3v) is 4.68. The van der Waals surface area contributed by atoms with E-state index in [-0.39, 0.29) is 18.4 Å². The fourth-order valence-electron chi connectivity index (χ4n) is 2.99. The van der Waals surface area contributed by atoms with Gasteiger partial charge in [0, 0.05) is 35.2 Å². The third kappa shape index (κ3) is 3.27. The summed E-state index contributed by atoms with van der Waals surface area (Å²) in [4.78, 5) is 14.2. The van der Waals surface area contributed by atoms with Gasteiger partial charge in [-0.05, 0) is 43.7 Å². The maximum atomic E-state index is 12.2. The fraction of sp³-hybridized carbons (Fsp3) is 0.500. The van der Waals surface area contributed by atoms with Crippen LogP contribution in [0.15, 0.2) is 28.7 Å². The average molecular weight is 361 g/mol. The maximum absolute atomic E-state index is 12.2. The number of carbonyl (C=O) groups excluding carboxylic acids is 1. The van der Waals surface area contributed by atoms with E-state index < -0.39 is 0 Å². The number of amides is 2. The van der Waals surface area contributed by atoms with Crippen LogP contribution in [-0.4, -0.2) is 37.1 Å². The lowest BCUT2D eigenvalue weighted by atomic mass is 9.87. The van der Waals surface area contributed by atoms with Crippen LogP contribution in [0.2, 0.25) is 0 Å². The van der Waals surface area contributed by atoms with Crippen molar-refractivity contribution in [3.63, 3.8) is 0 Å². The average Bonchev–Trinajstić information content (AvgIpc) is 3.03. The van der Waals surface area contributed by atoms with Gasteiger partial charge < -0.3 is 15.5 Å². The number of benzene rings is 1. The second-order valence-electron chi connectivity index (χ2n) is 5.54. The molecule has 2 N–H and O–H groups in total. The second kappa shape index (κ2) is 6.33. The molecule has 1 unspecified atom stereocenters. The minimum Gasteiger partial charge on any atom is -0.324 e. The highest BCUT2D eigenvalue weighted by Gasteiger charge is 2.41. The van der Waals surface area contributed by atoms with Crippen molar-refractivity contribution < 1.29 is 4.79 Å². The van der Waals surface area contributed by atoms with Gasteiger partial charge in [-0.1, -0.05) is 15.9 Å². The number of nitrogens with one attached hydrogen (secondary N) is 2. The largest absolute Gasteiger partial charge is 0.324 e. The predicted octanol–water partition coefficient (Wildman–Crippen LogP) is 3.09. The number of rotatable bonds is 1. The van der Waals surface area contributed by atoms with Crippen LogP contribution in [0, 0.1) is 5.41 Å². The first-order valence-electron chi connectivity index (χ1n) is 6.69. The number of likely N-dealkylation sites (tertiary alicyclic amines) is 1. The minimum atomic E-state index is 0. The summed E-state index contributed by atoms with van der Waals surface area (Å²) >= 11 is 3.39. The molecule has 4 nitrogen and oxygen atoms in total. The summed E-state index contributed by atoms with van der Waals surface area (Å²) < 4.78 is 1.02. The number of halogens is 2. The van der Waals surface area contributed by atoms with Gasteiger partial charge in [-0.3, -0.25) is 0 Å². The van der Waals surface area contributed by atoms with Crippen molar-refractivity contribution >= 4 is 40.1 Å². The summed E-state index contributed by atoms with van der Waals surface area (Å²) in [6, 6.07) is 7.70. The van der Waals surface area contributed by atoms with Crippen molar-refractivity contribution in [2.24, 2.45) is 5.41 Å². The summed E-state index contributed by atoms with van der Waals surface area (Å²) in [5.74, 6) is 0. The first kappa shape index (κ1) is 15.6. The predicted molar refractivity (Wildman–Crippen MR) is 86.5 cm³/mol. The molecule has 0 aliphatic carbocycles. The molecule has 0 radical (unpaired) electrons. The van der Waals surface area contributed by atoms with Crippen LogP contribution in [0.1, 0.15) is 12.8 Å². The second-order valence-corrected chi connectivity index (χ2v) is 6.45. The molecular formula is C14H19BrClN3O. The van der Waals surface area contributed by atoms with Gasteiger partial charge in [0.25, 0.3) is 0 Å². The minimum absolute atomic E-state index is 0. The van der Waals surface area contributed by atoms with E-state index in [1.807, 2.05) is 29.2 Å². The molecule has 3 rings (SSSR count). The fourth-order valence-corrected chi connectivity index (χ4v) is 3.25. The van der Waals surface area contributed by atoms with E-state index in [1.54, 1.807) is 0 Å². The van der Waals surface area contributed by atoms with E-state index in [2.05, 4.69) is 26.6 Å². The molecular weight excluding hydrogens is 342 g/mol. The molecule has 2 fully saturated rings. The number of anilines is 1. The van der Waals surface area contributed by atoms with Crippen LogP contribution in [0.5, 0.6) is 0 Å². The summed E-state index contributed by atoms with van der Waals surface area (Å²) in [7, 11) is 0. The molecule has 2 aliphatic rings. The van der Waals surface area contributed by atoms with Gasteiger partial charge in [-0.15, -0.1) is 12.4 Å². The molecule has 2 saturated heterocycles. The van der Waals surface area contributed by atoms with Crippen LogP contribution >= 0.6 is 28.3 Å². The zero-order valence-corrected chi connectivity index (χ0v) is 13.6. The molecule has 20 heavy (non-hydrogen) atoms. The van der Waals surface area contributed by atoms with Crippen LogP contribution in [-0.2, 0) is 0 Å². The zero-order valence-electron chi connectivity index (χ0n) is 11.2. The number of hydrogen-bond acceptors (Lipinski definition) is 2. The van der Waals surface area contributed by atoms with E-state index >= 15 is 0 Å². The van der Waals surface area contributed by atoms with Crippen LogP contribution in [0.3, 0.4) is 0 Å². The summed E-state index contributed by atoms with van der Waals surface area (Å²) in [6.07, 6.45) is 2.31. The number of urea groups is 1. The van der Waals surface area contributed by atoms with Crippen molar-refractivity contribution in [1.29, 1.82) is 0 Å². The summed E-state index contributed by atoms with van der Waals surface area (Å²) in [6.45, 7) is 3.88. The first-order chi connectivity index (χ1) is 9.17. The lowest BCUT2D eigenvalue weighted by molar-refractivity contribution is 0.215. The van der Waals surface area contributed by atoms with Crippen molar-refractivity contribution in [2.75, 3.05) is 31.5 Å². The number of carbonyl (C=O) groups is 1. The molecule has 1 aromatic carbocycles. The van der Waals surface area contributed by atoms with Crippen LogP contribution in [0.4, 0.5) is 10.5 Å². The third-order valence-electron chi connectivity index (χ3n) is 4.15. The monoisotopic (exact) mass is 359 g/mol. The highest BCUT2D eigenvalue weighted by Crippen LogP contribution is 2.36. The number of nitrogens with zero attached hydrogens (tertiary/aromatic N) is 1. The number of hydrogen-bond donors (Lipinski definition) is 2. The molecule has 6 heteroatoms. The highest BCUT2D eigenvalue weighted by atomic mass is 79.9. The molecule has 2 amide bonds. The molecule has 1 aromatic rings. The Kier molecular flexibility index (Phi) is 4.94. The van der Waals surface area contributed by atoms with Gasteiger partial charge >= 0.3 is 6.03 Å². The van der Waals surface area contributed by atoms with E-state index in [1.165, 1.54) is 6.42 Å². The molecule has 0 aromatic heterocycles. The molecule has 1 spiro atoms. The van der Waals surface area contributed by atoms with Crippen molar-refractivity contribution in [1.82, 2.24) is 10.2 Å². The molecule has 2 aliphatic heterocycles. The van der Waals surface area contributed by atoms with Gasteiger partial charge in [0.15, 0.2) is 0 Å². The Labute approximate surface area is 133 Å². The zero-order chi connectivity index (χ0) is 13.3.